The maximum Gasteiger partial charge on any atom is 0.146 e. The molecular weight excluding hydrogens is 465 g/mol. The average molecular weight is 505 g/mol. The minimum Gasteiger partial charge on any atom is -0.127 e. The molecule has 0 N–H and O–H groups in total. The molecule has 0 saturated heterocycles. The van der Waals surface area contributed by atoms with Gasteiger partial charge in [-0.2, -0.15) is 0 Å². The van der Waals surface area contributed by atoms with Gasteiger partial charge in [0, 0.05) is 11.1 Å². The molecule has 0 spiro atoms. The van der Waals surface area contributed by atoms with Crippen molar-refractivity contribution in [3.8, 4) is 22.9 Å². The lowest BCUT2D eigenvalue weighted by Crippen LogP contribution is -2.43. The summed E-state index contributed by atoms with van der Waals surface area (Å²) in [4.78, 5) is 0. The molecule has 4 aromatic carbocycles. The second kappa shape index (κ2) is 9.93. The summed E-state index contributed by atoms with van der Waals surface area (Å²) in [6.07, 6.45) is 0. The third kappa shape index (κ3) is 4.78. The smallest absolute Gasteiger partial charge is 0.127 e. The Bertz CT molecular complexity index is 1540. The van der Waals surface area contributed by atoms with Gasteiger partial charge < -0.3 is 0 Å². The summed E-state index contributed by atoms with van der Waals surface area (Å²) < 4.78 is 0. The zero-order valence-electron chi connectivity index (χ0n) is 23.5. The Morgan fingerprint density at radius 2 is 0.917 bits per heavy atom. The van der Waals surface area contributed by atoms with Crippen LogP contribution in [0, 0.1) is 22.9 Å². The predicted molar refractivity (Wildman–Crippen MR) is 167 cm³/mol. The number of hydrogen-bond acceptors (Lipinski definition) is 0. The monoisotopic (exact) mass is 504 g/mol. The summed E-state index contributed by atoms with van der Waals surface area (Å²) in [5.74, 6) is 7.51. The summed E-state index contributed by atoms with van der Waals surface area (Å²) in [5, 5.41) is 7.43. The van der Waals surface area contributed by atoms with Crippen LogP contribution in [0.15, 0.2) is 60.7 Å². The van der Waals surface area contributed by atoms with Gasteiger partial charge in [-0.1, -0.05) is 122 Å². The minimum atomic E-state index is -1.88. The van der Waals surface area contributed by atoms with Crippen molar-refractivity contribution in [2.24, 2.45) is 0 Å². The van der Waals surface area contributed by atoms with Gasteiger partial charge >= 0.3 is 0 Å². The molecule has 0 unspecified atom stereocenters. The predicted octanol–water partition coefficient (Wildman–Crippen LogP) is 9.94. The lowest BCUT2D eigenvalue weighted by molar-refractivity contribution is 0.838. The largest absolute Gasteiger partial charge is 0.146 e. The highest BCUT2D eigenvalue weighted by Gasteiger charge is 2.41. The van der Waals surface area contributed by atoms with Crippen molar-refractivity contribution in [3.05, 3.63) is 71.8 Å². The molecule has 0 amide bonds. The van der Waals surface area contributed by atoms with Gasteiger partial charge in [0.05, 0.1) is 0 Å². The van der Waals surface area contributed by atoms with E-state index in [0.29, 0.717) is 16.6 Å². The van der Waals surface area contributed by atoms with E-state index in [4.69, 9.17) is 0 Å². The van der Waals surface area contributed by atoms with Crippen molar-refractivity contribution in [3.63, 3.8) is 0 Å². The molecule has 0 aliphatic heterocycles. The van der Waals surface area contributed by atoms with Gasteiger partial charge in [-0.3, -0.25) is 0 Å². The van der Waals surface area contributed by atoms with Crippen LogP contribution in [0.2, 0.25) is 36.3 Å². The van der Waals surface area contributed by atoms with Gasteiger partial charge in [0.2, 0.25) is 0 Å². The molecule has 0 saturated carbocycles. The van der Waals surface area contributed by atoms with Gasteiger partial charge in [-0.25, -0.2) is 0 Å². The second-order valence-corrected chi connectivity index (χ2v) is 22.5. The van der Waals surface area contributed by atoms with Gasteiger partial charge in [0.25, 0.3) is 0 Å². The highest BCUT2D eigenvalue weighted by atomic mass is 28.3. The minimum absolute atomic E-state index is 0.602. The lowest BCUT2D eigenvalue weighted by Gasteiger charge is -2.38. The van der Waals surface area contributed by atoms with Crippen LogP contribution < -0.4 is 0 Å². The third-order valence-corrected chi connectivity index (χ3v) is 14.9. The van der Waals surface area contributed by atoms with Crippen molar-refractivity contribution in [1.82, 2.24) is 0 Å². The van der Waals surface area contributed by atoms with E-state index in [9.17, 15) is 0 Å². The third-order valence-electron chi connectivity index (χ3n) is 7.72. The lowest BCUT2D eigenvalue weighted by atomic mass is 9.90. The molecule has 4 aromatic rings. The fourth-order valence-corrected chi connectivity index (χ4v) is 11.7. The summed E-state index contributed by atoms with van der Waals surface area (Å²) >= 11 is 0. The molecular formula is C34H40Si2. The highest BCUT2D eigenvalue weighted by molar-refractivity contribution is 6.90. The zero-order valence-corrected chi connectivity index (χ0v) is 25.5. The van der Waals surface area contributed by atoms with E-state index < -0.39 is 16.1 Å². The van der Waals surface area contributed by atoms with E-state index in [1.165, 1.54) is 37.9 Å². The van der Waals surface area contributed by atoms with Crippen LogP contribution in [0.25, 0.3) is 32.3 Å². The molecule has 0 fully saturated rings. The SMILES string of the molecule is CC(C)[Si](C#Cc1c2ccccc2c(C#C[Si](C)(C)C)c2cc3ccccc3cc12)(C(C)C)C(C)C. The molecule has 0 heterocycles. The zero-order chi connectivity index (χ0) is 26.3. The fourth-order valence-electron chi connectivity index (χ4n) is 5.99. The first-order valence-corrected chi connectivity index (χ1v) is 19.1. The molecule has 0 aliphatic carbocycles. The second-order valence-electron chi connectivity index (χ2n) is 12.2. The molecule has 184 valence electrons. The van der Waals surface area contributed by atoms with Crippen molar-refractivity contribution in [2.75, 3.05) is 0 Å². The molecule has 0 nitrogen and oxygen atoms in total. The molecule has 0 radical (unpaired) electrons. The standard InChI is InChI=1S/C34H40Si2/c1-24(2)36(25(3)4,26(5)6)21-19-32-30-17-13-12-16-29(30)31(18-20-35(7,8)9)33-22-27-14-10-11-15-28(27)23-34(32)33/h10-17,22-26H,1-9H3. The van der Waals surface area contributed by atoms with E-state index >= 15 is 0 Å². The van der Waals surface area contributed by atoms with Gasteiger partial charge in [-0.15, -0.1) is 11.1 Å². The van der Waals surface area contributed by atoms with Crippen LogP contribution in [-0.2, 0) is 0 Å². The van der Waals surface area contributed by atoms with Crippen LogP contribution >= 0.6 is 0 Å². The van der Waals surface area contributed by atoms with Crippen LogP contribution in [0.4, 0.5) is 0 Å². The quantitative estimate of drug-likeness (QED) is 0.148. The number of benzene rings is 4. The first-order chi connectivity index (χ1) is 17.0. The maximum absolute atomic E-state index is 4.02. The van der Waals surface area contributed by atoms with Crippen LogP contribution in [0.3, 0.4) is 0 Å². The van der Waals surface area contributed by atoms with E-state index in [0.717, 1.165) is 5.56 Å². The van der Waals surface area contributed by atoms with Gasteiger partial charge in [0.1, 0.15) is 16.1 Å². The summed E-state index contributed by atoms with van der Waals surface area (Å²) in [6.45, 7) is 21.3. The van der Waals surface area contributed by atoms with Crippen molar-refractivity contribution < 1.29 is 0 Å². The average Bonchev–Trinajstić information content (AvgIpc) is 2.80. The summed E-state index contributed by atoms with van der Waals surface area (Å²) in [5.41, 5.74) is 11.8. The molecule has 36 heavy (non-hydrogen) atoms. The number of hydrogen-bond donors (Lipinski definition) is 0. The molecule has 0 aliphatic rings. The Hall–Kier alpha value is -2.79. The Balaban J connectivity index is 2.19. The summed E-state index contributed by atoms with van der Waals surface area (Å²) in [6, 6.07) is 22.1. The molecule has 0 bridgehead atoms. The topological polar surface area (TPSA) is 0 Å². The van der Waals surface area contributed by atoms with E-state index in [1.807, 2.05) is 0 Å². The normalized spacial score (nSPS) is 12.3. The Labute approximate surface area is 220 Å². The van der Waals surface area contributed by atoms with Gasteiger partial charge in [-0.05, 0) is 61.1 Å². The van der Waals surface area contributed by atoms with Crippen molar-refractivity contribution in [2.45, 2.75) is 77.8 Å². The fraction of sp³-hybridized carbons (Fsp3) is 0.353. The Kier molecular flexibility index (Phi) is 7.25. The molecule has 0 aromatic heterocycles. The Morgan fingerprint density at radius 3 is 1.31 bits per heavy atom. The first-order valence-electron chi connectivity index (χ1n) is 13.4. The molecule has 0 atom stereocenters. The molecule has 4 rings (SSSR count). The van der Waals surface area contributed by atoms with E-state index in [2.05, 4.69) is 145 Å². The maximum atomic E-state index is 4.02. The van der Waals surface area contributed by atoms with Crippen molar-refractivity contribution in [1.29, 1.82) is 0 Å². The number of rotatable bonds is 3. The molecule has 2 heteroatoms. The summed E-state index contributed by atoms with van der Waals surface area (Å²) in [7, 11) is -3.42. The van der Waals surface area contributed by atoms with Crippen LogP contribution in [-0.4, -0.2) is 16.1 Å². The van der Waals surface area contributed by atoms with Crippen LogP contribution in [0.5, 0.6) is 0 Å². The number of fused-ring (bicyclic) bond motifs is 3. The first kappa shape index (κ1) is 26.3. The van der Waals surface area contributed by atoms with E-state index in [1.54, 1.807) is 0 Å². The van der Waals surface area contributed by atoms with Gasteiger partial charge in [0.15, 0.2) is 0 Å². The Morgan fingerprint density at radius 1 is 0.528 bits per heavy atom. The highest BCUT2D eigenvalue weighted by Crippen LogP contribution is 2.41. The van der Waals surface area contributed by atoms with Crippen molar-refractivity contribution >= 4 is 48.5 Å². The van der Waals surface area contributed by atoms with Crippen LogP contribution in [0.1, 0.15) is 52.7 Å². The van der Waals surface area contributed by atoms with E-state index in [-0.39, 0.29) is 0 Å².